The number of carbonyl (C=O) groups is 1. The second kappa shape index (κ2) is 5.50. The first kappa shape index (κ1) is 12.3. The van der Waals surface area contributed by atoms with Crippen molar-refractivity contribution in [1.29, 1.82) is 0 Å². The number of hydrogen-bond acceptors (Lipinski definition) is 4. The fraction of sp³-hybridized carbons (Fsp3) is 0.429. The van der Waals surface area contributed by atoms with E-state index in [1.807, 2.05) is 18.2 Å². The third-order valence-corrected chi connectivity index (χ3v) is 3.61. The molecule has 100 valence electrons. The number of nitrogens with zero attached hydrogens (tertiary/aromatic N) is 2. The Bertz CT molecular complexity index is 572. The normalized spacial score (nSPS) is 16.8. The van der Waals surface area contributed by atoms with E-state index < -0.39 is 0 Å². The highest BCUT2D eigenvalue weighted by Gasteiger charge is 2.13. The molecule has 0 atom stereocenters. The number of carbonyl (C=O) groups excluding carboxylic acids is 1. The van der Waals surface area contributed by atoms with Crippen molar-refractivity contribution in [3.8, 4) is 0 Å². The van der Waals surface area contributed by atoms with Crippen molar-refractivity contribution in [3.63, 3.8) is 0 Å². The molecule has 0 aliphatic carbocycles. The minimum Gasteiger partial charge on any atom is -0.345 e. The van der Waals surface area contributed by atoms with E-state index in [9.17, 15) is 4.79 Å². The molecular formula is C14H18N4O. The van der Waals surface area contributed by atoms with Crippen molar-refractivity contribution >= 4 is 16.8 Å². The Morgan fingerprint density at radius 1 is 1.32 bits per heavy atom. The summed E-state index contributed by atoms with van der Waals surface area (Å²) in [7, 11) is 0. The van der Waals surface area contributed by atoms with Crippen LogP contribution in [0.5, 0.6) is 0 Å². The van der Waals surface area contributed by atoms with Gasteiger partial charge in [0.25, 0.3) is 0 Å². The molecule has 1 fully saturated rings. The van der Waals surface area contributed by atoms with Crippen molar-refractivity contribution in [1.82, 2.24) is 20.2 Å². The van der Waals surface area contributed by atoms with Crippen LogP contribution in [0.4, 0.5) is 0 Å². The predicted octanol–water partition coefficient (Wildman–Crippen LogP) is 1.04. The highest BCUT2D eigenvalue weighted by atomic mass is 16.1. The zero-order valence-corrected chi connectivity index (χ0v) is 10.9. The lowest BCUT2D eigenvalue weighted by atomic mass is 10.1. The quantitative estimate of drug-likeness (QED) is 0.804. The molecule has 0 unspecified atom stereocenters. The van der Waals surface area contributed by atoms with Gasteiger partial charge in [-0.15, -0.1) is 0 Å². The zero-order chi connectivity index (χ0) is 13.1. The van der Waals surface area contributed by atoms with Crippen molar-refractivity contribution in [3.05, 3.63) is 30.1 Å². The molecule has 0 spiro atoms. The number of ketones is 1. The van der Waals surface area contributed by atoms with Gasteiger partial charge in [-0.1, -0.05) is 0 Å². The number of fused-ring (bicyclic) bond motifs is 1. The molecule has 1 aliphatic rings. The lowest BCUT2D eigenvalue weighted by Crippen LogP contribution is -2.44. The smallest absolute Gasteiger partial charge is 0.164 e. The molecule has 1 aliphatic heterocycles. The van der Waals surface area contributed by atoms with Gasteiger partial charge in [0.05, 0.1) is 17.4 Å². The van der Waals surface area contributed by atoms with E-state index in [2.05, 4.69) is 20.2 Å². The average molecular weight is 258 g/mol. The van der Waals surface area contributed by atoms with Crippen LogP contribution in [-0.4, -0.2) is 53.4 Å². The maximum Gasteiger partial charge on any atom is 0.164 e. The van der Waals surface area contributed by atoms with Crippen LogP contribution >= 0.6 is 0 Å². The summed E-state index contributed by atoms with van der Waals surface area (Å²) in [6, 6.07) is 5.65. The second-order valence-electron chi connectivity index (χ2n) is 4.90. The number of benzene rings is 1. The van der Waals surface area contributed by atoms with E-state index in [4.69, 9.17) is 0 Å². The summed E-state index contributed by atoms with van der Waals surface area (Å²) >= 11 is 0. The lowest BCUT2D eigenvalue weighted by molar-refractivity contribution is 0.0961. The third-order valence-electron chi connectivity index (χ3n) is 3.61. The zero-order valence-electron chi connectivity index (χ0n) is 10.9. The highest BCUT2D eigenvalue weighted by Crippen LogP contribution is 2.13. The lowest BCUT2D eigenvalue weighted by Gasteiger charge is -2.26. The Labute approximate surface area is 112 Å². The summed E-state index contributed by atoms with van der Waals surface area (Å²) < 4.78 is 0. The van der Waals surface area contributed by atoms with Crippen LogP contribution in [0, 0.1) is 0 Å². The maximum absolute atomic E-state index is 12.2. The Kier molecular flexibility index (Phi) is 3.57. The molecule has 2 aromatic rings. The summed E-state index contributed by atoms with van der Waals surface area (Å²) in [6.07, 6.45) is 2.24. The SMILES string of the molecule is O=C(CCN1CCNCC1)c1ccc2nc[nH]c2c1. The van der Waals surface area contributed by atoms with Crippen molar-refractivity contribution in [2.24, 2.45) is 0 Å². The number of nitrogens with one attached hydrogen (secondary N) is 2. The van der Waals surface area contributed by atoms with Gasteiger partial charge in [-0.3, -0.25) is 4.79 Å². The van der Waals surface area contributed by atoms with E-state index in [0.717, 1.165) is 49.3 Å². The first-order valence-corrected chi connectivity index (χ1v) is 6.72. The predicted molar refractivity (Wildman–Crippen MR) is 74.4 cm³/mol. The molecule has 0 saturated carbocycles. The summed E-state index contributed by atoms with van der Waals surface area (Å²) in [5.74, 6) is 0.204. The molecule has 1 aromatic carbocycles. The summed E-state index contributed by atoms with van der Waals surface area (Å²) in [5, 5.41) is 3.31. The monoisotopic (exact) mass is 258 g/mol. The molecule has 1 saturated heterocycles. The first-order chi connectivity index (χ1) is 9.33. The Hall–Kier alpha value is -1.72. The van der Waals surface area contributed by atoms with Crippen molar-refractivity contribution in [2.45, 2.75) is 6.42 Å². The van der Waals surface area contributed by atoms with E-state index in [1.54, 1.807) is 6.33 Å². The van der Waals surface area contributed by atoms with Crippen molar-refractivity contribution < 1.29 is 4.79 Å². The molecule has 0 amide bonds. The fourth-order valence-electron chi connectivity index (χ4n) is 2.45. The van der Waals surface area contributed by atoms with Gasteiger partial charge < -0.3 is 15.2 Å². The largest absolute Gasteiger partial charge is 0.345 e. The number of rotatable bonds is 4. The highest BCUT2D eigenvalue weighted by molar-refractivity contribution is 5.98. The molecule has 5 heteroatoms. The molecule has 2 N–H and O–H groups in total. The van der Waals surface area contributed by atoms with Crippen LogP contribution in [-0.2, 0) is 0 Å². The van der Waals surface area contributed by atoms with Crippen LogP contribution in [0.3, 0.4) is 0 Å². The number of imidazole rings is 1. The third kappa shape index (κ3) is 2.83. The van der Waals surface area contributed by atoms with Gasteiger partial charge in [-0.2, -0.15) is 0 Å². The Balaban J connectivity index is 1.62. The van der Waals surface area contributed by atoms with E-state index in [0.29, 0.717) is 6.42 Å². The van der Waals surface area contributed by atoms with Gasteiger partial charge in [0.15, 0.2) is 5.78 Å². The molecule has 3 rings (SSSR count). The molecule has 0 radical (unpaired) electrons. The van der Waals surface area contributed by atoms with Crippen LogP contribution < -0.4 is 5.32 Å². The number of H-pyrrole nitrogens is 1. The number of aromatic nitrogens is 2. The van der Waals surface area contributed by atoms with E-state index >= 15 is 0 Å². The molecule has 19 heavy (non-hydrogen) atoms. The number of Topliss-reactive ketones (excluding diaryl/α,β-unsaturated/α-hetero) is 1. The van der Waals surface area contributed by atoms with Gasteiger partial charge in [-0.25, -0.2) is 4.98 Å². The molecule has 5 nitrogen and oxygen atoms in total. The van der Waals surface area contributed by atoms with E-state index in [1.165, 1.54) is 0 Å². The maximum atomic E-state index is 12.2. The minimum absolute atomic E-state index is 0.204. The molecular weight excluding hydrogens is 240 g/mol. The van der Waals surface area contributed by atoms with Gasteiger partial charge in [0.1, 0.15) is 0 Å². The Morgan fingerprint density at radius 3 is 3.00 bits per heavy atom. The molecule has 1 aromatic heterocycles. The van der Waals surface area contributed by atoms with Gasteiger partial charge in [0, 0.05) is 44.7 Å². The Morgan fingerprint density at radius 2 is 2.16 bits per heavy atom. The van der Waals surface area contributed by atoms with Gasteiger partial charge >= 0.3 is 0 Å². The van der Waals surface area contributed by atoms with Crippen LogP contribution in [0.1, 0.15) is 16.8 Å². The number of hydrogen-bond donors (Lipinski definition) is 2. The molecule has 2 heterocycles. The van der Waals surface area contributed by atoms with Crippen LogP contribution in [0.25, 0.3) is 11.0 Å². The summed E-state index contributed by atoms with van der Waals surface area (Å²) in [6.45, 7) is 4.96. The first-order valence-electron chi connectivity index (χ1n) is 6.72. The van der Waals surface area contributed by atoms with Gasteiger partial charge in [-0.05, 0) is 18.2 Å². The minimum atomic E-state index is 0.204. The topological polar surface area (TPSA) is 61.0 Å². The number of aromatic amines is 1. The van der Waals surface area contributed by atoms with Crippen LogP contribution in [0.2, 0.25) is 0 Å². The van der Waals surface area contributed by atoms with Gasteiger partial charge in [0.2, 0.25) is 0 Å². The van der Waals surface area contributed by atoms with Crippen molar-refractivity contribution in [2.75, 3.05) is 32.7 Å². The summed E-state index contributed by atoms with van der Waals surface area (Å²) in [4.78, 5) is 21.7. The second-order valence-corrected chi connectivity index (χ2v) is 4.90. The van der Waals surface area contributed by atoms with E-state index in [-0.39, 0.29) is 5.78 Å². The molecule has 0 bridgehead atoms. The standard InChI is InChI=1S/C14H18N4O/c19-14(3-6-18-7-4-15-5-8-18)11-1-2-12-13(9-11)17-10-16-12/h1-2,9-10,15H,3-8H2,(H,16,17). The average Bonchev–Trinajstić information content (AvgIpc) is 2.93. The van der Waals surface area contributed by atoms with Crippen LogP contribution in [0.15, 0.2) is 24.5 Å². The fourth-order valence-corrected chi connectivity index (χ4v) is 2.45. The summed E-state index contributed by atoms with van der Waals surface area (Å²) in [5.41, 5.74) is 2.60. The number of piperazine rings is 1.